The number of nitrogens with one attached hydrogen (secondary N) is 1. The molecule has 3 rings (SSSR count). The van der Waals surface area contributed by atoms with Gasteiger partial charge in [0.2, 0.25) is 0 Å². The molecule has 1 heterocycles. The van der Waals surface area contributed by atoms with E-state index in [1.807, 2.05) is 6.20 Å². The van der Waals surface area contributed by atoms with E-state index in [-0.39, 0.29) is 0 Å². The highest BCUT2D eigenvalue weighted by molar-refractivity contribution is 7.11. The molecule has 0 saturated heterocycles. The Morgan fingerprint density at radius 3 is 2.61 bits per heavy atom. The molecule has 1 aliphatic carbocycles. The first-order valence-corrected chi connectivity index (χ1v) is 7.34. The Morgan fingerprint density at radius 1 is 1.22 bits per heavy atom. The minimum Gasteiger partial charge on any atom is -0.306 e. The van der Waals surface area contributed by atoms with Gasteiger partial charge in [-0.1, -0.05) is 24.3 Å². The van der Waals surface area contributed by atoms with Crippen LogP contribution in [0.15, 0.2) is 30.5 Å². The SMILES string of the molecule is Cc1cnc(CNCc2ccc(C3CC3)cc2)s1. The van der Waals surface area contributed by atoms with Crippen LogP contribution in [0.3, 0.4) is 0 Å². The fraction of sp³-hybridized carbons (Fsp3) is 0.400. The highest BCUT2D eigenvalue weighted by Gasteiger charge is 2.22. The minimum absolute atomic E-state index is 0.852. The predicted octanol–water partition coefficient (Wildman–Crippen LogP) is 3.62. The molecule has 18 heavy (non-hydrogen) atoms. The van der Waals surface area contributed by atoms with E-state index >= 15 is 0 Å². The van der Waals surface area contributed by atoms with Crippen LogP contribution in [0.25, 0.3) is 0 Å². The highest BCUT2D eigenvalue weighted by Crippen LogP contribution is 2.39. The third kappa shape index (κ3) is 2.98. The van der Waals surface area contributed by atoms with E-state index in [4.69, 9.17) is 0 Å². The summed E-state index contributed by atoms with van der Waals surface area (Å²) in [5.74, 6) is 0.852. The standard InChI is InChI=1S/C15H18N2S/c1-11-8-17-15(18-11)10-16-9-12-2-4-13(5-3-12)14-6-7-14/h2-5,8,14,16H,6-7,9-10H2,1H3. The molecular formula is C15H18N2S. The van der Waals surface area contributed by atoms with Gasteiger partial charge in [-0.3, -0.25) is 0 Å². The lowest BCUT2D eigenvalue weighted by atomic mass is 10.1. The molecule has 0 atom stereocenters. The van der Waals surface area contributed by atoms with Crippen molar-refractivity contribution in [1.29, 1.82) is 0 Å². The van der Waals surface area contributed by atoms with Gasteiger partial charge in [0.05, 0.1) is 0 Å². The number of hydrogen-bond acceptors (Lipinski definition) is 3. The van der Waals surface area contributed by atoms with Crippen molar-refractivity contribution in [3.8, 4) is 0 Å². The Balaban J connectivity index is 1.50. The number of rotatable bonds is 5. The number of benzene rings is 1. The second kappa shape index (κ2) is 5.21. The van der Waals surface area contributed by atoms with Crippen molar-refractivity contribution in [2.45, 2.75) is 38.8 Å². The largest absolute Gasteiger partial charge is 0.306 e. The number of nitrogens with zero attached hydrogens (tertiary/aromatic N) is 1. The summed E-state index contributed by atoms with van der Waals surface area (Å²) in [5.41, 5.74) is 2.86. The summed E-state index contributed by atoms with van der Waals surface area (Å²) in [6.45, 7) is 3.88. The summed E-state index contributed by atoms with van der Waals surface area (Å²) in [7, 11) is 0. The minimum atomic E-state index is 0.852. The maximum Gasteiger partial charge on any atom is 0.107 e. The smallest absolute Gasteiger partial charge is 0.107 e. The molecule has 1 fully saturated rings. The van der Waals surface area contributed by atoms with Gasteiger partial charge < -0.3 is 5.32 Å². The van der Waals surface area contributed by atoms with Crippen LogP contribution in [0.1, 0.15) is 39.8 Å². The Bertz CT molecular complexity index is 512. The van der Waals surface area contributed by atoms with Crippen LogP contribution < -0.4 is 5.32 Å². The van der Waals surface area contributed by atoms with E-state index in [1.165, 1.54) is 33.9 Å². The van der Waals surface area contributed by atoms with Crippen LogP contribution in [0, 0.1) is 6.92 Å². The van der Waals surface area contributed by atoms with Crippen molar-refractivity contribution < 1.29 is 0 Å². The molecule has 0 aliphatic heterocycles. The van der Waals surface area contributed by atoms with Crippen molar-refractivity contribution in [3.63, 3.8) is 0 Å². The van der Waals surface area contributed by atoms with Crippen molar-refractivity contribution in [2.75, 3.05) is 0 Å². The van der Waals surface area contributed by atoms with Crippen LogP contribution >= 0.6 is 11.3 Å². The normalized spacial score (nSPS) is 14.9. The van der Waals surface area contributed by atoms with Gasteiger partial charge >= 0.3 is 0 Å². The molecule has 1 N–H and O–H groups in total. The van der Waals surface area contributed by atoms with E-state index < -0.39 is 0 Å². The van der Waals surface area contributed by atoms with Crippen LogP contribution in [0.4, 0.5) is 0 Å². The molecule has 1 saturated carbocycles. The maximum absolute atomic E-state index is 4.35. The monoisotopic (exact) mass is 258 g/mol. The molecule has 1 aromatic carbocycles. The highest BCUT2D eigenvalue weighted by atomic mass is 32.1. The molecule has 0 amide bonds. The van der Waals surface area contributed by atoms with Crippen LogP contribution in [0.2, 0.25) is 0 Å². The molecular weight excluding hydrogens is 240 g/mol. The summed E-state index contributed by atoms with van der Waals surface area (Å²) in [4.78, 5) is 5.63. The first-order valence-electron chi connectivity index (χ1n) is 6.52. The van der Waals surface area contributed by atoms with Crippen molar-refractivity contribution in [1.82, 2.24) is 10.3 Å². The molecule has 3 heteroatoms. The van der Waals surface area contributed by atoms with Crippen molar-refractivity contribution >= 4 is 11.3 Å². The molecule has 2 nitrogen and oxygen atoms in total. The van der Waals surface area contributed by atoms with Gasteiger partial charge in [0.1, 0.15) is 5.01 Å². The summed E-state index contributed by atoms with van der Waals surface area (Å²) in [6, 6.07) is 9.05. The van der Waals surface area contributed by atoms with Crippen LogP contribution in [-0.4, -0.2) is 4.98 Å². The van der Waals surface area contributed by atoms with Gasteiger partial charge in [-0.2, -0.15) is 0 Å². The van der Waals surface area contributed by atoms with E-state index in [0.29, 0.717) is 0 Å². The van der Waals surface area contributed by atoms with Crippen molar-refractivity contribution in [2.24, 2.45) is 0 Å². The molecule has 0 radical (unpaired) electrons. The van der Waals surface area contributed by atoms with Gasteiger partial charge in [0.15, 0.2) is 0 Å². The Morgan fingerprint density at radius 2 is 2.00 bits per heavy atom. The first kappa shape index (κ1) is 11.9. The Kier molecular flexibility index (Phi) is 3.43. The number of aromatic nitrogens is 1. The number of aryl methyl sites for hydroxylation is 1. The number of hydrogen-bond donors (Lipinski definition) is 1. The lowest BCUT2D eigenvalue weighted by molar-refractivity contribution is 0.689. The first-order chi connectivity index (χ1) is 8.81. The third-order valence-electron chi connectivity index (χ3n) is 3.30. The van der Waals surface area contributed by atoms with E-state index in [0.717, 1.165) is 19.0 Å². The fourth-order valence-corrected chi connectivity index (χ4v) is 2.88. The van der Waals surface area contributed by atoms with Gasteiger partial charge in [0, 0.05) is 24.2 Å². The molecule has 1 aromatic heterocycles. The predicted molar refractivity (Wildman–Crippen MR) is 75.8 cm³/mol. The summed E-state index contributed by atoms with van der Waals surface area (Å²) >= 11 is 1.76. The molecule has 0 bridgehead atoms. The van der Waals surface area contributed by atoms with E-state index in [1.54, 1.807) is 11.3 Å². The lowest BCUT2D eigenvalue weighted by Crippen LogP contribution is -2.12. The molecule has 94 valence electrons. The zero-order valence-corrected chi connectivity index (χ0v) is 11.5. The maximum atomic E-state index is 4.35. The molecule has 0 spiro atoms. The van der Waals surface area contributed by atoms with Gasteiger partial charge in [-0.05, 0) is 36.8 Å². The van der Waals surface area contributed by atoms with Gasteiger partial charge in [0.25, 0.3) is 0 Å². The lowest BCUT2D eigenvalue weighted by Gasteiger charge is -2.04. The second-order valence-electron chi connectivity index (χ2n) is 4.98. The zero-order chi connectivity index (χ0) is 12.4. The Hall–Kier alpha value is -1.19. The Labute approximate surface area is 112 Å². The van der Waals surface area contributed by atoms with Crippen LogP contribution in [-0.2, 0) is 13.1 Å². The molecule has 2 aromatic rings. The van der Waals surface area contributed by atoms with E-state index in [9.17, 15) is 0 Å². The number of thiazole rings is 1. The average Bonchev–Trinajstić information content (AvgIpc) is 3.15. The van der Waals surface area contributed by atoms with E-state index in [2.05, 4.69) is 41.5 Å². The average molecular weight is 258 g/mol. The van der Waals surface area contributed by atoms with Crippen molar-refractivity contribution in [3.05, 3.63) is 51.5 Å². The van der Waals surface area contributed by atoms with Crippen LogP contribution in [0.5, 0.6) is 0 Å². The topological polar surface area (TPSA) is 24.9 Å². The quantitative estimate of drug-likeness (QED) is 0.886. The molecule has 1 aliphatic rings. The van der Waals surface area contributed by atoms with Gasteiger partial charge in [-0.15, -0.1) is 11.3 Å². The second-order valence-corrected chi connectivity index (χ2v) is 6.30. The zero-order valence-electron chi connectivity index (χ0n) is 10.6. The summed E-state index contributed by atoms with van der Waals surface area (Å²) in [6.07, 6.45) is 4.69. The summed E-state index contributed by atoms with van der Waals surface area (Å²) in [5, 5.41) is 4.61. The summed E-state index contributed by atoms with van der Waals surface area (Å²) < 4.78 is 0. The molecule has 0 unspecified atom stereocenters. The fourth-order valence-electron chi connectivity index (χ4n) is 2.12. The van der Waals surface area contributed by atoms with Gasteiger partial charge in [-0.25, -0.2) is 4.98 Å². The third-order valence-corrected chi connectivity index (χ3v) is 4.22.